The molecule has 14 heavy (non-hydrogen) atoms. The summed E-state index contributed by atoms with van der Waals surface area (Å²) < 4.78 is 7.10. The molecular formula is C10H10ClNOS. The van der Waals surface area contributed by atoms with Gasteiger partial charge in [0.1, 0.15) is 10.1 Å². The standard InChI is InChI=1S/C10H10ClNOS/c1-2-13-6-3-4-7-8(5-6)14-10(11)9(7)12/h3-5H,2,12H2,1H3. The topological polar surface area (TPSA) is 35.2 Å². The summed E-state index contributed by atoms with van der Waals surface area (Å²) in [5.74, 6) is 0.859. The van der Waals surface area contributed by atoms with E-state index >= 15 is 0 Å². The Kier molecular flexibility index (Phi) is 2.52. The van der Waals surface area contributed by atoms with Crippen LogP contribution in [-0.4, -0.2) is 6.61 Å². The number of thiophene rings is 1. The SMILES string of the molecule is CCOc1ccc2c(N)c(Cl)sc2c1. The maximum atomic E-state index is 5.93. The molecule has 2 aromatic rings. The Balaban J connectivity index is 2.56. The number of rotatable bonds is 2. The van der Waals surface area contributed by atoms with E-state index in [-0.39, 0.29) is 0 Å². The smallest absolute Gasteiger partial charge is 0.120 e. The van der Waals surface area contributed by atoms with E-state index in [1.165, 1.54) is 11.3 Å². The van der Waals surface area contributed by atoms with Crippen LogP contribution in [0.4, 0.5) is 5.69 Å². The van der Waals surface area contributed by atoms with Crippen molar-refractivity contribution in [1.29, 1.82) is 0 Å². The Labute approximate surface area is 91.2 Å². The summed E-state index contributed by atoms with van der Waals surface area (Å²) in [5, 5.41) is 1.00. The highest BCUT2D eigenvalue weighted by atomic mass is 35.5. The molecule has 2 rings (SSSR count). The zero-order chi connectivity index (χ0) is 10.1. The van der Waals surface area contributed by atoms with Crippen LogP contribution in [0.3, 0.4) is 0 Å². The lowest BCUT2D eigenvalue weighted by Gasteiger charge is -2.01. The summed E-state index contributed by atoms with van der Waals surface area (Å²) in [7, 11) is 0. The van der Waals surface area contributed by atoms with Crippen molar-refractivity contribution in [3.63, 3.8) is 0 Å². The zero-order valence-corrected chi connectivity index (χ0v) is 9.28. The molecule has 0 unspecified atom stereocenters. The molecule has 0 fully saturated rings. The Morgan fingerprint density at radius 2 is 2.29 bits per heavy atom. The van der Waals surface area contributed by atoms with Crippen molar-refractivity contribution in [1.82, 2.24) is 0 Å². The third-order valence-electron chi connectivity index (χ3n) is 1.97. The number of nitrogen functional groups attached to an aromatic ring is 1. The van der Waals surface area contributed by atoms with Crippen molar-refractivity contribution in [3.8, 4) is 5.75 Å². The van der Waals surface area contributed by atoms with Gasteiger partial charge in [0.05, 0.1) is 12.3 Å². The minimum absolute atomic E-state index is 0.647. The molecule has 4 heteroatoms. The predicted molar refractivity (Wildman–Crippen MR) is 62.4 cm³/mol. The molecule has 0 amide bonds. The van der Waals surface area contributed by atoms with Crippen LogP contribution in [0.15, 0.2) is 18.2 Å². The number of fused-ring (bicyclic) bond motifs is 1. The number of hydrogen-bond acceptors (Lipinski definition) is 3. The van der Waals surface area contributed by atoms with E-state index in [0.29, 0.717) is 16.6 Å². The maximum Gasteiger partial charge on any atom is 0.120 e. The summed E-state index contributed by atoms with van der Waals surface area (Å²) in [6, 6.07) is 5.81. The largest absolute Gasteiger partial charge is 0.494 e. The molecule has 2 nitrogen and oxygen atoms in total. The van der Waals surface area contributed by atoms with E-state index in [1.807, 2.05) is 25.1 Å². The van der Waals surface area contributed by atoms with E-state index < -0.39 is 0 Å². The first kappa shape index (κ1) is 9.62. The molecule has 0 spiro atoms. The molecule has 0 saturated heterocycles. The molecule has 0 aliphatic carbocycles. The summed E-state index contributed by atoms with van der Waals surface area (Å²) >= 11 is 7.41. The van der Waals surface area contributed by atoms with Crippen molar-refractivity contribution >= 4 is 38.7 Å². The predicted octanol–water partition coefficient (Wildman–Crippen LogP) is 3.54. The van der Waals surface area contributed by atoms with Crippen molar-refractivity contribution in [3.05, 3.63) is 22.5 Å². The first-order chi connectivity index (χ1) is 6.72. The highest BCUT2D eigenvalue weighted by Gasteiger charge is 2.07. The van der Waals surface area contributed by atoms with Gasteiger partial charge in [-0.1, -0.05) is 11.6 Å². The first-order valence-corrected chi connectivity index (χ1v) is 5.52. The van der Waals surface area contributed by atoms with Gasteiger partial charge in [-0.05, 0) is 25.1 Å². The Morgan fingerprint density at radius 3 is 3.00 bits per heavy atom. The molecule has 0 aliphatic heterocycles. The third kappa shape index (κ3) is 1.53. The van der Waals surface area contributed by atoms with Gasteiger partial charge < -0.3 is 10.5 Å². The number of nitrogens with two attached hydrogens (primary N) is 1. The molecule has 2 N–H and O–H groups in total. The second-order valence-electron chi connectivity index (χ2n) is 2.88. The number of anilines is 1. The van der Waals surface area contributed by atoms with Crippen LogP contribution in [0.25, 0.3) is 10.1 Å². The van der Waals surface area contributed by atoms with Gasteiger partial charge in [-0.2, -0.15) is 0 Å². The highest BCUT2D eigenvalue weighted by molar-refractivity contribution is 7.23. The quantitative estimate of drug-likeness (QED) is 0.852. The molecule has 1 aromatic carbocycles. The highest BCUT2D eigenvalue weighted by Crippen LogP contribution is 2.38. The Morgan fingerprint density at radius 1 is 1.50 bits per heavy atom. The molecule has 0 saturated carbocycles. The van der Waals surface area contributed by atoms with Crippen LogP contribution in [0.5, 0.6) is 5.75 Å². The van der Waals surface area contributed by atoms with Crippen LogP contribution < -0.4 is 10.5 Å². The second-order valence-corrected chi connectivity index (χ2v) is 4.53. The van der Waals surface area contributed by atoms with Gasteiger partial charge in [0.25, 0.3) is 0 Å². The first-order valence-electron chi connectivity index (χ1n) is 4.32. The lowest BCUT2D eigenvalue weighted by atomic mass is 10.2. The van der Waals surface area contributed by atoms with Crippen LogP contribution in [0.2, 0.25) is 4.34 Å². The Hall–Kier alpha value is -0.930. The second kappa shape index (κ2) is 3.67. The van der Waals surface area contributed by atoms with Crippen LogP contribution >= 0.6 is 22.9 Å². The fourth-order valence-corrected chi connectivity index (χ4v) is 2.55. The van der Waals surface area contributed by atoms with Crippen LogP contribution in [0.1, 0.15) is 6.92 Å². The van der Waals surface area contributed by atoms with Gasteiger partial charge >= 0.3 is 0 Å². The van der Waals surface area contributed by atoms with Gasteiger partial charge in [0, 0.05) is 10.1 Å². The summed E-state index contributed by atoms with van der Waals surface area (Å²) in [4.78, 5) is 0. The molecule has 1 heterocycles. The monoisotopic (exact) mass is 227 g/mol. The van der Waals surface area contributed by atoms with Gasteiger partial charge in [0.15, 0.2) is 0 Å². The number of benzene rings is 1. The number of ether oxygens (including phenoxy) is 1. The third-order valence-corrected chi connectivity index (χ3v) is 3.36. The summed E-state index contributed by atoms with van der Waals surface area (Å²) in [5.41, 5.74) is 6.46. The normalized spacial score (nSPS) is 10.7. The lowest BCUT2D eigenvalue weighted by Crippen LogP contribution is -1.90. The van der Waals surface area contributed by atoms with Gasteiger partial charge in [-0.3, -0.25) is 0 Å². The van der Waals surface area contributed by atoms with E-state index in [2.05, 4.69) is 0 Å². The van der Waals surface area contributed by atoms with Gasteiger partial charge in [-0.15, -0.1) is 11.3 Å². The maximum absolute atomic E-state index is 5.93. The minimum Gasteiger partial charge on any atom is -0.494 e. The fraction of sp³-hybridized carbons (Fsp3) is 0.200. The van der Waals surface area contributed by atoms with Crippen LogP contribution in [-0.2, 0) is 0 Å². The lowest BCUT2D eigenvalue weighted by molar-refractivity contribution is 0.341. The van der Waals surface area contributed by atoms with E-state index in [9.17, 15) is 0 Å². The molecule has 74 valence electrons. The number of halogens is 1. The van der Waals surface area contributed by atoms with Crippen molar-refractivity contribution in [2.75, 3.05) is 12.3 Å². The van der Waals surface area contributed by atoms with Gasteiger partial charge in [-0.25, -0.2) is 0 Å². The molecule has 0 atom stereocenters. The van der Waals surface area contributed by atoms with Crippen molar-refractivity contribution < 1.29 is 4.74 Å². The zero-order valence-electron chi connectivity index (χ0n) is 7.71. The van der Waals surface area contributed by atoms with Crippen molar-refractivity contribution in [2.45, 2.75) is 6.92 Å². The van der Waals surface area contributed by atoms with E-state index in [1.54, 1.807) is 0 Å². The van der Waals surface area contributed by atoms with E-state index in [0.717, 1.165) is 15.8 Å². The minimum atomic E-state index is 0.647. The summed E-state index contributed by atoms with van der Waals surface area (Å²) in [6.45, 7) is 2.63. The molecular weight excluding hydrogens is 218 g/mol. The molecule has 0 bridgehead atoms. The average molecular weight is 228 g/mol. The fourth-order valence-electron chi connectivity index (χ4n) is 1.32. The van der Waals surface area contributed by atoms with E-state index in [4.69, 9.17) is 22.1 Å². The molecule has 0 radical (unpaired) electrons. The van der Waals surface area contributed by atoms with Crippen molar-refractivity contribution in [2.24, 2.45) is 0 Å². The van der Waals surface area contributed by atoms with Crippen LogP contribution in [0, 0.1) is 0 Å². The average Bonchev–Trinajstić information content (AvgIpc) is 2.43. The molecule has 0 aliphatic rings. The van der Waals surface area contributed by atoms with Gasteiger partial charge in [0.2, 0.25) is 0 Å². The number of hydrogen-bond donors (Lipinski definition) is 1. The molecule has 1 aromatic heterocycles. The summed E-state index contributed by atoms with van der Waals surface area (Å²) in [6.07, 6.45) is 0. The Bertz CT molecular complexity index is 466.